The van der Waals surface area contributed by atoms with Crippen molar-refractivity contribution in [1.82, 2.24) is 20.2 Å². The first-order chi connectivity index (χ1) is 14.0. The van der Waals surface area contributed by atoms with Crippen molar-refractivity contribution in [2.45, 2.75) is 43.9 Å². The number of aromatic nitrogens is 2. The molecule has 0 unspecified atom stereocenters. The molecule has 11 nitrogen and oxygen atoms in total. The average Bonchev–Trinajstić information content (AvgIpc) is 3.03. The van der Waals surface area contributed by atoms with Crippen molar-refractivity contribution in [3.8, 4) is 0 Å². The molecule has 5 N–H and O–H groups in total. The van der Waals surface area contributed by atoms with Gasteiger partial charge in [-0.25, -0.2) is 4.79 Å². The average molecular weight is 438 g/mol. The Hall–Kier alpha value is -2.71. The number of H-pyrrole nitrogens is 1. The van der Waals surface area contributed by atoms with Gasteiger partial charge in [-0.3, -0.25) is 23.9 Å². The minimum Gasteiger partial charge on any atom is -0.394 e. The van der Waals surface area contributed by atoms with Gasteiger partial charge in [0.2, 0.25) is 5.91 Å². The molecule has 0 radical (unpaired) electrons. The molecule has 14 heteroatoms. The number of halogens is 3. The lowest BCUT2D eigenvalue weighted by Crippen LogP contribution is -2.39. The van der Waals surface area contributed by atoms with E-state index >= 15 is 0 Å². The third-order valence-corrected chi connectivity index (χ3v) is 4.31. The number of hydrogen-bond donors (Lipinski definition) is 5. The fourth-order valence-electron chi connectivity index (χ4n) is 2.77. The predicted molar refractivity (Wildman–Crippen MR) is 93.3 cm³/mol. The maximum atomic E-state index is 12.0. The highest BCUT2D eigenvalue weighted by Gasteiger charge is 2.38. The fourth-order valence-corrected chi connectivity index (χ4v) is 2.77. The molecule has 3 atom stereocenters. The smallest absolute Gasteiger partial charge is 0.394 e. The van der Waals surface area contributed by atoms with Gasteiger partial charge in [0.25, 0.3) is 5.56 Å². The van der Waals surface area contributed by atoms with Crippen LogP contribution in [0.3, 0.4) is 0 Å². The van der Waals surface area contributed by atoms with Gasteiger partial charge in [0.15, 0.2) is 0 Å². The minimum atomic E-state index is -4.98. The van der Waals surface area contributed by atoms with Crippen molar-refractivity contribution in [1.29, 1.82) is 0 Å². The minimum absolute atomic E-state index is 0.00748. The molecule has 30 heavy (non-hydrogen) atoms. The SMILES string of the molecule is O=C(Cc1cn([C@H]2C[C@H](O)[C@@H](CO)O2)c(=O)[nH]c1=O)NCCCNC(=O)C(F)(F)F. The van der Waals surface area contributed by atoms with E-state index in [1.54, 1.807) is 5.32 Å². The summed E-state index contributed by atoms with van der Waals surface area (Å²) < 4.78 is 42.4. The topological polar surface area (TPSA) is 163 Å². The molecule has 2 amide bonds. The lowest BCUT2D eigenvalue weighted by atomic mass is 10.2. The van der Waals surface area contributed by atoms with Crippen LogP contribution in [0.5, 0.6) is 0 Å². The summed E-state index contributed by atoms with van der Waals surface area (Å²) in [5, 5.41) is 22.9. The molecular formula is C16H21F3N4O7. The number of aliphatic hydroxyl groups is 2. The number of rotatable bonds is 8. The molecule has 168 valence electrons. The summed E-state index contributed by atoms with van der Waals surface area (Å²) in [6.45, 7) is -0.823. The maximum absolute atomic E-state index is 12.0. The van der Waals surface area contributed by atoms with E-state index < -0.39 is 60.7 Å². The van der Waals surface area contributed by atoms with E-state index in [9.17, 15) is 37.5 Å². The number of aromatic amines is 1. The highest BCUT2D eigenvalue weighted by Crippen LogP contribution is 2.27. The van der Waals surface area contributed by atoms with Crippen LogP contribution in [-0.4, -0.2) is 69.7 Å². The van der Waals surface area contributed by atoms with Crippen LogP contribution >= 0.6 is 0 Å². The fraction of sp³-hybridized carbons (Fsp3) is 0.625. The van der Waals surface area contributed by atoms with Crippen LogP contribution in [0, 0.1) is 0 Å². The lowest BCUT2D eigenvalue weighted by molar-refractivity contribution is -0.173. The van der Waals surface area contributed by atoms with Crippen LogP contribution in [0.1, 0.15) is 24.6 Å². The van der Waals surface area contributed by atoms with Gasteiger partial charge in [0, 0.05) is 31.3 Å². The number of alkyl halides is 3. The van der Waals surface area contributed by atoms with E-state index in [1.165, 1.54) is 0 Å². The number of hydrogen-bond acceptors (Lipinski definition) is 7. The van der Waals surface area contributed by atoms with Gasteiger partial charge in [-0.05, 0) is 6.42 Å². The van der Waals surface area contributed by atoms with Gasteiger partial charge in [-0.15, -0.1) is 0 Å². The molecule has 1 saturated heterocycles. The molecule has 2 heterocycles. The van der Waals surface area contributed by atoms with Gasteiger partial charge in [0.1, 0.15) is 12.3 Å². The zero-order chi connectivity index (χ0) is 22.5. The Morgan fingerprint density at radius 1 is 1.27 bits per heavy atom. The summed E-state index contributed by atoms with van der Waals surface area (Å²) in [6.07, 6.45) is -7.12. The number of aliphatic hydroxyl groups excluding tert-OH is 2. The van der Waals surface area contributed by atoms with E-state index in [1.807, 2.05) is 4.98 Å². The number of amides is 2. The van der Waals surface area contributed by atoms with Crippen molar-refractivity contribution >= 4 is 11.8 Å². The van der Waals surface area contributed by atoms with Crippen LogP contribution in [0.25, 0.3) is 0 Å². The van der Waals surface area contributed by atoms with Crippen molar-refractivity contribution in [2.24, 2.45) is 0 Å². The van der Waals surface area contributed by atoms with Gasteiger partial charge < -0.3 is 25.6 Å². The first-order valence-corrected chi connectivity index (χ1v) is 8.93. The molecule has 2 rings (SSSR count). The monoisotopic (exact) mass is 438 g/mol. The van der Waals surface area contributed by atoms with Gasteiger partial charge in [0.05, 0.1) is 19.1 Å². The highest BCUT2D eigenvalue weighted by molar-refractivity contribution is 5.81. The number of ether oxygens (including phenoxy) is 1. The number of carbonyl (C=O) groups is 2. The molecule has 0 aliphatic carbocycles. The predicted octanol–water partition coefficient (Wildman–Crippen LogP) is -2.10. The first kappa shape index (κ1) is 23.6. The van der Waals surface area contributed by atoms with Crippen LogP contribution in [0.2, 0.25) is 0 Å². The van der Waals surface area contributed by atoms with Crippen LogP contribution in [0.4, 0.5) is 13.2 Å². The zero-order valence-electron chi connectivity index (χ0n) is 15.6. The Morgan fingerprint density at radius 3 is 2.53 bits per heavy atom. The molecule has 1 aliphatic heterocycles. The summed E-state index contributed by atoms with van der Waals surface area (Å²) in [6, 6.07) is 0. The molecule has 0 bridgehead atoms. The molecular weight excluding hydrogens is 417 g/mol. The van der Waals surface area contributed by atoms with Gasteiger partial charge in [-0.2, -0.15) is 13.2 Å². The Bertz CT molecular complexity index is 883. The van der Waals surface area contributed by atoms with Crippen molar-refractivity contribution in [3.63, 3.8) is 0 Å². The van der Waals surface area contributed by atoms with Crippen molar-refractivity contribution < 1.29 is 37.7 Å². The Kier molecular flexibility index (Phi) is 7.75. The maximum Gasteiger partial charge on any atom is 0.471 e. The zero-order valence-corrected chi connectivity index (χ0v) is 15.6. The number of nitrogens with zero attached hydrogens (tertiary/aromatic N) is 1. The van der Waals surface area contributed by atoms with E-state index in [0.29, 0.717) is 0 Å². The lowest BCUT2D eigenvalue weighted by Gasteiger charge is -2.15. The van der Waals surface area contributed by atoms with E-state index in [-0.39, 0.29) is 31.5 Å². The van der Waals surface area contributed by atoms with Gasteiger partial charge in [-0.1, -0.05) is 0 Å². The second-order valence-corrected chi connectivity index (χ2v) is 6.57. The largest absolute Gasteiger partial charge is 0.471 e. The molecule has 1 aliphatic rings. The highest BCUT2D eigenvalue weighted by atomic mass is 19.4. The quantitative estimate of drug-likeness (QED) is 0.291. The van der Waals surface area contributed by atoms with Crippen molar-refractivity contribution in [2.75, 3.05) is 19.7 Å². The van der Waals surface area contributed by atoms with Gasteiger partial charge >= 0.3 is 17.8 Å². The number of carbonyl (C=O) groups excluding carboxylic acids is 2. The standard InChI is InChI=1S/C16H21F3N4O7/c17-16(18,19)14(28)21-3-1-2-20-11(26)4-8-6-23(15(29)22-13(8)27)12-5-9(25)10(7-24)30-12/h6,9-10,12,24-25H,1-5,7H2,(H,20,26)(H,21,28)(H,22,27,29)/t9-,10+,12+/m0/s1. The Labute approximate surface area is 166 Å². The van der Waals surface area contributed by atoms with Crippen molar-refractivity contribution in [3.05, 3.63) is 32.6 Å². The third kappa shape index (κ3) is 6.14. The summed E-state index contributed by atoms with van der Waals surface area (Å²) in [7, 11) is 0. The van der Waals surface area contributed by atoms with Crippen LogP contribution < -0.4 is 21.9 Å². The van der Waals surface area contributed by atoms with E-state index in [0.717, 1.165) is 10.8 Å². The number of nitrogens with one attached hydrogen (secondary N) is 3. The van der Waals surface area contributed by atoms with E-state index in [4.69, 9.17) is 9.84 Å². The summed E-state index contributed by atoms with van der Waals surface area (Å²) >= 11 is 0. The molecule has 0 saturated carbocycles. The molecule has 1 fully saturated rings. The third-order valence-electron chi connectivity index (χ3n) is 4.31. The molecule has 0 aromatic carbocycles. The second-order valence-electron chi connectivity index (χ2n) is 6.57. The second kappa shape index (κ2) is 9.86. The molecule has 0 spiro atoms. The van der Waals surface area contributed by atoms with Crippen LogP contribution in [-0.2, 0) is 20.7 Å². The van der Waals surface area contributed by atoms with E-state index in [2.05, 4.69) is 5.32 Å². The molecule has 1 aromatic heterocycles. The summed E-state index contributed by atoms with van der Waals surface area (Å²) in [5.41, 5.74) is -1.70. The Balaban J connectivity index is 1.90. The normalized spacial score (nSPS) is 21.4. The Morgan fingerprint density at radius 2 is 1.93 bits per heavy atom. The first-order valence-electron chi connectivity index (χ1n) is 8.93. The summed E-state index contributed by atoms with van der Waals surface area (Å²) in [5.74, 6) is -2.71. The molecule has 1 aromatic rings. The van der Waals surface area contributed by atoms with Crippen LogP contribution in [0.15, 0.2) is 15.8 Å². The summed E-state index contributed by atoms with van der Waals surface area (Å²) in [4.78, 5) is 48.6.